The number of carbonyl (C=O) groups is 1. The Bertz CT molecular complexity index is 778. The van der Waals surface area contributed by atoms with Crippen molar-refractivity contribution in [3.05, 3.63) is 29.8 Å². The largest absolute Gasteiger partial charge is 0.350 e. The molecule has 2 aliphatic rings. The van der Waals surface area contributed by atoms with Crippen molar-refractivity contribution in [3.8, 4) is 0 Å². The molecule has 1 saturated carbocycles. The highest BCUT2D eigenvalue weighted by molar-refractivity contribution is 7.89. The van der Waals surface area contributed by atoms with Crippen LogP contribution < -0.4 is 5.32 Å². The number of sulfonamides is 1. The third-order valence-electron chi connectivity index (χ3n) is 6.36. The fraction of sp³-hybridized carbons (Fsp3) is 0.667. The van der Waals surface area contributed by atoms with E-state index in [9.17, 15) is 13.2 Å². The van der Waals surface area contributed by atoms with Crippen molar-refractivity contribution in [2.45, 2.75) is 61.8 Å². The summed E-state index contributed by atoms with van der Waals surface area (Å²) in [4.78, 5) is 15.3. The molecule has 1 aromatic rings. The Labute approximate surface area is 169 Å². The zero-order valence-corrected chi connectivity index (χ0v) is 17.9. The van der Waals surface area contributed by atoms with Gasteiger partial charge < -0.3 is 10.2 Å². The van der Waals surface area contributed by atoms with E-state index in [1.165, 1.54) is 36.1 Å². The lowest BCUT2D eigenvalue weighted by molar-refractivity contribution is 0.0869. The third-order valence-corrected chi connectivity index (χ3v) is 8.25. The van der Waals surface area contributed by atoms with Crippen molar-refractivity contribution in [2.24, 2.45) is 0 Å². The monoisotopic (exact) mass is 407 g/mol. The molecule has 1 aromatic carbocycles. The Kier molecular flexibility index (Phi) is 6.78. The van der Waals surface area contributed by atoms with Gasteiger partial charge in [-0.25, -0.2) is 8.42 Å². The molecular formula is C21H33N3O3S. The van der Waals surface area contributed by atoms with Gasteiger partial charge in [-0.15, -0.1) is 0 Å². The normalized spacial score (nSPS) is 20.8. The van der Waals surface area contributed by atoms with Crippen LogP contribution in [-0.2, 0) is 10.0 Å². The van der Waals surface area contributed by atoms with Crippen LogP contribution in [0.1, 0.15) is 61.7 Å². The van der Waals surface area contributed by atoms with E-state index in [0.29, 0.717) is 25.2 Å². The summed E-state index contributed by atoms with van der Waals surface area (Å²) >= 11 is 0. The Morgan fingerprint density at radius 3 is 2.32 bits per heavy atom. The molecule has 1 N–H and O–H groups in total. The van der Waals surface area contributed by atoms with Crippen molar-refractivity contribution in [2.75, 3.05) is 33.7 Å². The van der Waals surface area contributed by atoms with Gasteiger partial charge in [0.25, 0.3) is 5.91 Å². The van der Waals surface area contributed by atoms with Gasteiger partial charge in [0.05, 0.1) is 4.90 Å². The van der Waals surface area contributed by atoms with E-state index in [2.05, 4.69) is 24.3 Å². The number of likely N-dealkylation sites (N-methyl/N-ethyl adjacent to an activating group) is 1. The van der Waals surface area contributed by atoms with Gasteiger partial charge >= 0.3 is 0 Å². The first-order valence-corrected chi connectivity index (χ1v) is 11.9. The molecule has 0 unspecified atom stereocenters. The molecule has 1 aliphatic heterocycles. The Morgan fingerprint density at radius 2 is 1.71 bits per heavy atom. The van der Waals surface area contributed by atoms with Gasteiger partial charge in [-0.1, -0.05) is 31.7 Å². The smallest absolute Gasteiger partial charge is 0.251 e. The van der Waals surface area contributed by atoms with Crippen LogP contribution in [0.2, 0.25) is 0 Å². The van der Waals surface area contributed by atoms with Crippen molar-refractivity contribution in [1.29, 1.82) is 0 Å². The van der Waals surface area contributed by atoms with Crippen LogP contribution in [0.15, 0.2) is 29.2 Å². The van der Waals surface area contributed by atoms with Crippen LogP contribution >= 0.6 is 0 Å². The second-order valence-corrected chi connectivity index (χ2v) is 10.3. The average Bonchev–Trinajstić information content (AvgIpc) is 3.13. The molecule has 0 atom stereocenters. The quantitative estimate of drug-likeness (QED) is 0.736. The molecule has 3 rings (SSSR count). The minimum Gasteiger partial charge on any atom is -0.350 e. The highest BCUT2D eigenvalue weighted by Gasteiger charge is 2.34. The molecule has 1 aliphatic carbocycles. The number of rotatable bonds is 6. The molecule has 0 bridgehead atoms. The maximum absolute atomic E-state index is 12.8. The Balaban J connectivity index is 1.72. The summed E-state index contributed by atoms with van der Waals surface area (Å²) in [5, 5.41) is 3.08. The zero-order valence-electron chi connectivity index (χ0n) is 17.1. The predicted molar refractivity (Wildman–Crippen MR) is 111 cm³/mol. The predicted octanol–water partition coefficient (Wildman–Crippen LogP) is 2.86. The lowest BCUT2D eigenvalue weighted by atomic mass is 9.88. The minimum absolute atomic E-state index is 0.0224. The van der Waals surface area contributed by atoms with Crippen LogP contribution in [0, 0.1) is 0 Å². The van der Waals surface area contributed by atoms with Gasteiger partial charge in [0.15, 0.2) is 0 Å². The van der Waals surface area contributed by atoms with Crippen LogP contribution in [0.4, 0.5) is 0 Å². The summed E-state index contributed by atoms with van der Waals surface area (Å²) in [7, 11) is 0.653. The molecule has 0 radical (unpaired) electrons. The number of amides is 1. The van der Waals surface area contributed by atoms with Crippen molar-refractivity contribution in [1.82, 2.24) is 14.5 Å². The van der Waals surface area contributed by atoms with E-state index >= 15 is 0 Å². The van der Waals surface area contributed by atoms with Crippen molar-refractivity contribution >= 4 is 15.9 Å². The summed E-state index contributed by atoms with van der Waals surface area (Å²) in [6.07, 6.45) is 8.79. The topological polar surface area (TPSA) is 69.7 Å². The highest BCUT2D eigenvalue weighted by Crippen LogP contribution is 2.30. The molecule has 6 nitrogen and oxygen atoms in total. The van der Waals surface area contributed by atoms with Gasteiger partial charge in [-0.3, -0.25) is 4.79 Å². The average molecular weight is 408 g/mol. The summed E-state index contributed by atoms with van der Waals surface area (Å²) in [5.41, 5.74) is 0.383. The van der Waals surface area contributed by atoms with E-state index in [1.54, 1.807) is 18.2 Å². The molecule has 1 heterocycles. The lowest BCUT2D eigenvalue weighted by Crippen LogP contribution is -2.52. The van der Waals surface area contributed by atoms with Gasteiger partial charge in [-0.05, 0) is 58.0 Å². The molecular weight excluding hydrogens is 374 g/mol. The van der Waals surface area contributed by atoms with E-state index in [0.717, 1.165) is 25.7 Å². The summed E-state index contributed by atoms with van der Waals surface area (Å²) in [5.74, 6) is -0.205. The molecule has 156 valence electrons. The number of nitrogens with zero attached hydrogens (tertiary/aromatic N) is 2. The van der Waals surface area contributed by atoms with Gasteiger partial charge in [0, 0.05) is 30.7 Å². The first-order chi connectivity index (χ1) is 13.3. The highest BCUT2D eigenvalue weighted by atomic mass is 32.2. The van der Waals surface area contributed by atoms with E-state index in [4.69, 9.17) is 0 Å². The van der Waals surface area contributed by atoms with E-state index < -0.39 is 10.0 Å². The Morgan fingerprint density at radius 1 is 1.07 bits per heavy atom. The number of hydrogen-bond acceptors (Lipinski definition) is 4. The Hall–Kier alpha value is -1.44. The first-order valence-electron chi connectivity index (χ1n) is 10.4. The zero-order chi connectivity index (χ0) is 20.2. The SMILES string of the molecule is CN(C)C1(CNC(=O)c2cccc(S(=O)(=O)N3CCCC3)c2)CCCCCC1. The maximum atomic E-state index is 12.8. The van der Waals surface area contributed by atoms with Gasteiger partial charge in [0.2, 0.25) is 10.0 Å². The second kappa shape index (κ2) is 8.93. The number of carbonyl (C=O) groups excluding carboxylic acids is 1. The second-order valence-electron chi connectivity index (χ2n) is 8.35. The van der Waals surface area contributed by atoms with Crippen molar-refractivity contribution in [3.63, 3.8) is 0 Å². The molecule has 1 saturated heterocycles. The van der Waals surface area contributed by atoms with Crippen LogP contribution in [0.25, 0.3) is 0 Å². The number of benzene rings is 1. The molecule has 0 spiro atoms. The fourth-order valence-electron chi connectivity index (χ4n) is 4.39. The van der Waals surface area contributed by atoms with Gasteiger partial charge in [-0.2, -0.15) is 4.31 Å². The molecule has 2 fully saturated rings. The standard InChI is InChI=1S/C21H33N3O3S/c1-23(2)21(12-5-3-4-6-13-21)17-22-20(25)18-10-9-11-19(16-18)28(26,27)24-14-7-8-15-24/h9-11,16H,3-8,12-15,17H2,1-2H3,(H,22,25). The first kappa shape index (κ1) is 21.3. The summed E-state index contributed by atoms with van der Waals surface area (Å²) in [6, 6.07) is 6.44. The third kappa shape index (κ3) is 4.58. The molecule has 0 aromatic heterocycles. The van der Waals surface area contributed by atoms with E-state index in [-0.39, 0.29) is 16.3 Å². The van der Waals surface area contributed by atoms with Crippen LogP contribution in [0.5, 0.6) is 0 Å². The van der Waals surface area contributed by atoms with Gasteiger partial charge in [0.1, 0.15) is 0 Å². The van der Waals surface area contributed by atoms with Crippen LogP contribution in [-0.4, -0.2) is 62.8 Å². The molecule has 7 heteroatoms. The van der Waals surface area contributed by atoms with Crippen molar-refractivity contribution < 1.29 is 13.2 Å². The molecule has 1 amide bonds. The summed E-state index contributed by atoms with van der Waals surface area (Å²) < 4.78 is 27.1. The molecule has 28 heavy (non-hydrogen) atoms. The number of nitrogens with one attached hydrogen (secondary N) is 1. The van der Waals surface area contributed by atoms with E-state index in [1.807, 2.05) is 0 Å². The fourth-order valence-corrected chi connectivity index (χ4v) is 5.95. The minimum atomic E-state index is -3.52. The number of hydrogen-bond donors (Lipinski definition) is 1. The van der Waals surface area contributed by atoms with Crippen LogP contribution in [0.3, 0.4) is 0 Å². The summed E-state index contributed by atoms with van der Waals surface area (Å²) in [6.45, 7) is 1.70. The maximum Gasteiger partial charge on any atom is 0.251 e. The lowest BCUT2D eigenvalue weighted by Gasteiger charge is -2.39.